The summed E-state index contributed by atoms with van der Waals surface area (Å²) in [6.07, 6.45) is 5.40. The first kappa shape index (κ1) is 17.8. The third-order valence-corrected chi connectivity index (χ3v) is 4.94. The SMILES string of the molecule is O=C(c1ccn(Cn2cccn2)n1)N1CCN(Cc2ccc(Cl)cc2)CC1. The van der Waals surface area contributed by atoms with Crippen molar-refractivity contribution in [3.8, 4) is 0 Å². The molecule has 27 heavy (non-hydrogen) atoms. The lowest BCUT2D eigenvalue weighted by Crippen LogP contribution is -2.48. The van der Waals surface area contributed by atoms with Gasteiger partial charge in [-0.25, -0.2) is 0 Å². The zero-order valence-corrected chi connectivity index (χ0v) is 15.7. The van der Waals surface area contributed by atoms with Gasteiger partial charge in [0.05, 0.1) is 0 Å². The van der Waals surface area contributed by atoms with E-state index in [4.69, 9.17) is 11.6 Å². The van der Waals surface area contributed by atoms with E-state index in [2.05, 4.69) is 15.1 Å². The maximum atomic E-state index is 12.7. The molecule has 0 radical (unpaired) electrons. The Hall–Kier alpha value is -2.64. The fourth-order valence-corrected chi connectivity index (χ4v) is 3.33. The lowest BCUT2D eigenvalue weighted by Gasteiger charge is -2.34. The van der Waals surface area contributed by atoms with Gasteiger partial charge in [0.15, 0.2) is 0 Å². The minimum atomic E-state index is -0.0136. The van der Waals surface area contributed by atoms with Gasteiger partial charge in [-0.3, -0.25) is 19.1 Å². The van der Waals surface area contributed by atoms with Crippen LogP contribution in [0.25, 0.3) is 0 Å². The number of hydrogen-bond donors (Lipinski definition) is 0. The van der Waals surface area contributed by atoms with E-state index in [1.54, 1.807) is 21.6 Å². The monoisotopic (exact) mass is 384 g/mol. The second kappa shape index (κ2) is 7.94. The molecule has 140 valence electrons. The molecule has 3 heterocycles. The molecule has 0 bridgehead atoms. The Morgan fingerprint density at radius 3 is 2.48 bits per heavy atom. The van der Waals surface area contributed by atoms with Gasteiger partial charge in [-0.2, -0.15) is 10.2 Å². The van der Waals surface area contributed by atoms with Gasteiger partial charge in [-0.1, -0.05) is 23.7 Å². The molecular weight excluding hydrogens is 364 g/mol. The molecule has 1 aliphatic rings. The lowest BCUT2D eigenvalue weighted by molar-refractivity contribution is 0.0621. The molecule has 3 aromatic rings. The van der Waals surface area contributed by atoms with E-state index < -0.39 is 0 Å². The smallest absolute Gasteiger partial charge is 0.274 e. The highest BCUT2D eigenvalue weighted by Gasteiger charge is 2.23. The van der Waals surface area contributed by atoms with Gasteiger partial charge in [0, 0.05) is 56.3 Å². The minimum Gasteiger partial charge on any atom is -0.335 e. The van der Waals surface area contributed by atoms with Gasteiger partial charge in [0.25, 0.3) is 5.91 Å². The molecule has 7 nitrogen and oxygen atoms in total. The van der Waals surface area contributed by atoms with Gasteiger partial charge in [0.2, 0.25) is 0 Å². The Morgan fingerprint density at radius 2 is 1.78 bits per heavy atom. The number of nitrogens with zero attached hydrogens (tertiary/aromatic N) is 6. The van der Waals surface area contributed by atoms with Gasteiger partial charge in [0.1, 0.15) is 12.4 Å². The third-order valence-electron chi connectivity index (χ3n) is 4.69. The molecule has 0 unspecified atom stereocenters. The van der Waals surface area contributed by atoms with E-state index in [0.29, 0.717) is 25.5 Å². The van der Waals surface area contributed by atoms with Crippen LogP contribution in [0.4, 0.5) is 0 Å². The fourth-order valence-electron chi connectivity index (χ4n) is 3.21. The molecule has 1 saturated heterocycles. The van der Waals surface area contributed by atoms with Gasteiger partial charge in [-0.05, 0) is 29.8 Å². The van der Waals surface area contributed by atoms with Crippen molar-refractivity contribution in [2.75, 3.05) is 26.2 Å². The van der Waals surface area contributed by atoms with Crippen molar-refractivity contribution in [2.45, 2.75) is 13.2 Å². The van der Waals surface area contributed by atoms with Crippen molar-refractivity contribution in [3.63, 3.8) is 0 Å². The number of halogens is 1. The van der Waals surface area contributed by atoms with E-state index >= 15 is 0 Å². The average molecular weight is 385 g/mol. The summed E-state index contributed by atoms with van der Waals surface area (Å²) in [5.41, 5.74) is 1.71. The average Bonchev–Trinajstić information content (AvgIpc) is 3.36. The van der Waals surface area contributed by atoms with Crippen molar-refractivity contribution < 1.29 is 4.79 Å². The third kappa shape index (κ3) is 4.37. The predicted octanol–water partition coefficient (Wildman–Crippen LogP) is 2.20. The number of benzene rings is 1. The van der Waals surface area contributed by atoms with Crippen LogP contribution in [0.5, 0.6) is 0 Å². The number of hydrogen-bond acceptors (Lipinski definition) is 4. The van der Waals surface area contributed by atoms with Crippen LogP contribution >= 0.6 is 11.6 Å². The number of amides is 1. The van der Waals surface area contributed by atoms with Crippen LogP contribution in [0.2, 0.25) is 5.02 Å². The maximum Gasteiger partial charge on any atom is 0.274 e. The predicted molar refractivity (Wildman–Crippen MR) is 102 cm³/mol. The molecule has 4 rings (SSSR count). The Kier molecular flexibility index (Phi) is 5.22. The van der Waals surface area contributed by atoms with E-state index in [1.807, 2.05) is 47.6 Å². The molecule has 0 saturated carbocycles. The molecule has 0 spiro atoms. The maximum absolute atomic E-state index is 12.7. The molecule has 1 fully saturated rings. The molecule has 1 amide bonds. The van der Waals surface area contributed by atoms with E-state index in [0.717, 1.165) is 24.7 Å². The summed E-state index contributed by atoms with van der Waals surface area (Å²) in [4.78, 5) is 16.9. The number of rotatable bonds is 5. The highest BCUT2D eigenvalue weighted by molar-refractivity contribution is 6.30. The van der Waals surface area contributed by atoms with Crippen LogP contribution in [0.1, 0.15) is 16.1 Å². The fraction of sp³-hybridized carbons (Fsp3) is 0.316. The van der Waals surface area contributed by atoms with Crippen molar-refractivity contribution in [3.05, 3.63) is 71.3 Å². The first-order chi connectivity index (χ1) is 13.2. The van der Waals surface area contributed by atoms with E-state index in [-0.39, 0.29) is 5.91 Å². The Morgan fingerprint density at radius 1 is 1.00 bits per heavy atom. The van der Waals surface area contributed by atoms with Crippen molar-refractivity contribution in [2.24, 2.45) is 0 Å². The summed E-state index contributed by atoms with van der Waals surface area (Å²) in [5.74, 6) is -0.0136. The quantitative estimate of drug-likeness (QED) is 0.676. The highest BCUT2D eigenvalue weighted by Crippen LogP contribution is 2.14. The Balaban J connectivity index is 1.30. The van der Waals surface area contributed by atoms with Gasteiger partial charge >= 0.3 is 0 Å². The molecule has 1 aromatic carbocycles. The van der Waals surface area contributed by atoms with Gasteiger partial charge in [-0.15, -0.1) is 0 Å². The molecule has 0 atom stereocenters. The molecule has 8 heteroatoms. The van der Waals surface area contributed by atoms with Gasteiger partial charge < -0.3 is 4.90 Å². The number of aromatic nitrogens is 4. The lowest BCUT2D eigenvalue weighted by atomic mass is 10.2. The van der Waals surface area contributed by atoms with Crippen molar-refractivity contribution in [1.82, 2.24) is 29.4 Å². The molecular formula is C19H21ClN6O. The number of carbonyl (C=O) groups excluding carboxylic acids is 1. The summed E-state index contributed by atoms with van der Waals surface area (Å²) < 4.78 is 3.48. The standard InChI is InChI=1S/C19H21ClN6O/c20-17-4-2-16(3-5-17)14-23-10-12-24(13-11-23)19(27)18-6-9-26(22-18)15-25-8-1-7-21-25/h1-9H,10-15H2. The molecule has 1 aliphatic heterocycles. The van der Waals surface area contributed by atoms with Crippen LogP contribution in [0.3, 0.4) is 0 Å². The van der Waals surface area contributed by atoms with Crippen molar-refractivity contribution >= 4 is 17.5 Å². The van der Waals surface area contributed by atoms with Crippen LogP contribution in [0.15, 0.2) is 55.0 Å². The molecule has 0 aliphatic carbocycles. The van der Waals surface area contributed by atoms with Crippen LogP contribution in [-0.4, -0.2) is 61.4 Å². The minimum absolute atomic E-state index is 0.0136. The topological polar surface area (TPSA) is 59.2 Å². The number of carbonyl (C=O) groups is 1. The summed E-state index contributed by atoms with van der Waals surface area (Å²) in [7, 11) is 0. The van der Waals surface area contributed by atoms with E-state index in [9.17, 15) is 4.79 Å². The second-order valence-corrected chi connectivity index (χ2v) is 7.06. The van der Waals surface area contributed by atoms with Crippen LogP contribution < -0.4 is 0 Å². The summed E-state index contributed by atoms with van der Waals surface area (Å²) in [6.45, 7) is 4.48. The zero-order valence-electron chi connectivity index (χ0n) is 14.9. The van der Waals surface area contributed by atoms with Crippen LogP contribution in [0, 0.1) is 0 Å². The molecule has 2 aromatic heterocycles. The Labute approximate surface area is 162 Å². The zero-order chi connectivity index (χ0) is 18.6. The largest absolute Gasteiger partial charge is 0.335 e. The second-order valence-electron chi connectivity index (χ2n) is 6.62. The summed E-state index contributed by atoms with van der Waals surface area (Å²) in [6, 6.07) is 11.6. The van der Waals surface area contributed by atoms with Crippen molar-refractivity contribution in [1.29, 1.82) is 0 Å². The summed E-state index contributed by atoms with van der Waals surface area (Å²) >= 11 is 5.94. The molecule has 0 N–H and O–H groups in total. The number of piperazine rings is 1. The first-order valence-corrected chi connectivity index (χ1v) is 9.32. The first-order valence-electron chi connectivity index (χ1n) is 8.94. The Bertz CT molecular complexity index is 881. The van der Waals surface area contributed by atoms with Crippen LogP contribution in [-0.2, 0) is 13.2 Å². The highest BCUT2D eigenvalue weighted by atomic mass is 35.5. The normalized spacial score (nSPS) is 15.2. The van der Waals surface area contributed by atoms with E-state index in [1.165, 1.54) is 5.56 Å². The summed E-state index contributed by atoms with van der Waals surface area (Å²) in [5, 5.41) is 9.30.